The third-order valence-corrected chi connectivity index (χ3v) is 5.99. The lowest BCUT2D eigenvalue weighted by Crippen LogP contribution is -2.28. The van der Waals surface area contributed by atoms with Gasteiger partial charge < -0.3 is 14.8 Å². The molecule has 31 heavy (non-hydrogen) atoms. The van der Waals surface area contributed by atoms with E-state index in [-0.39, 0.29) is 11.9 Å². The van der Waals surface area contributed by atoms with E-state index in [1.54, 1.807) is 31.0 Å². The molecule has 4 nitrogen and oxygen atoms in total. The molecule has 0 saturated carbocycles. The highest BCUT2D eigenvalue weighted by molar-refractivity contribution is 7.99. The Morgan fingerprint density at radius 3 is 2.42 bits per heavy atom. The Labute approximate surface area is 189 Å². The van der Waals surface area contributed by atoms with Crippen LogP contribution >= 0.6 is 11.8 Å². The lowest BCUT2D eigenvalue weighted by atomic mass is 10.0. The number of methoxy groups -OCH3 is 1. The molecule has 162 valence electrons. The number of hydrogen-bond acceptors (Lipinski definition) is 4. The quantitative estimate of drug-likeness (QED) is 0.311. The van der Waals surface area contributed by atoms with Gasteiger partial charge in [-0.2, -0.15) is 0 Å². The summed E-state index contributed by atoms with van der Waals surface area (Å²) in [7, 11) is 1.66. The molecule has 0 saturated heterocycles. The largest absolute Gasteiger partial charge is 0.496 e. The number of benzene rings is 3. The molecule has 0 aromatic heterocycles. The molecule has 3 aromatic rings. The van der Waals surface area contributed by atoms with Gasteiger partial charge in [0.1, 0.15) is 11.5 Å². The van der Waals surface area contributed by atoms with E-state index in [1.165, 1.54) is 4.90 Å². The normalized spacial score (nSPS) is 11.6. The van der Waals surface area contributed by atoms with E-state index in [2.05, 4.69) is 30.4 Å². The molecule has 1 atom stereocenters. The number of ether oxygens (including phenoxy) is 2. The monoisotopic (exact) mass is 435 g/mol. The van der Waals surface area contributed by atoms with Crippen molar-refractivity contribution in [1.29, 1.82) is 0 Å². The summed E-state index contributed by atoms with van der Waals surface area (Å²) in [6.07, 6.45) is 0.803. The van der Waals surface area contributed by atoms with Crippen LogP contribution in [0.1, 0.15) is 40.9 Å². The lowest BCUT2D eigenvalue weighted by Gasteiger charge is -2.19. The van der Waals surface area contributed by atoms with Gasteiger partial charge in [0.15, 0.2) is 0 Å². The highest BCUT2D eigenvalue weighted by Gasteiger charge is 2.15. The molecule has 1 amide bonds. The Bertz CT molecular complexity index is 974. The molecular formula is C26H29NO3S. The summed E-state index contributed by atoms with van der Waals surface area (Å²) in [5.41, 5.74) is 2.75. The Kier molecular flexibility index (Phi) is 8.42. The standard InChI is InChI=1S/C26H29NO3S/c1-4-24(21-12-15-25(29-3)19(2)18-21)27-26(28)20-10-13-22(14-11-20)30-16-17-31-23-8-6-5-7-9-23/h5-15,18,24H,4,16-17H2,1-3H3,(H,27,28). The van der Waals surface area contributed by atoms with Crippen molar-refractivity contribution >= 4 is 17.7 Å². The van der Waals surface area contributed by atoms with Gasteiger partial charge in [-0.3, -0.25) is 4.79 Å². The first-order valence-electron chi connectivity index (χ1n) is 10.5. The Hall–Kier alpha value is -2.92. The highest BCUT2D eigenvalue weighted by Crippen LogP contribution is 2.25. The van der Waals surface area contributed by atoms with E-state index in [9.17, 15) is 4.79 Å². The zero-order valence-electron chi connectivity index (χ0n) is 18.3. The van der Waals surface area contributed by atoms with Crippen LogP contribution in [0.15, 0.2) is 77.7 Å². The van der Waals surface area contributed by atoms with Crippen LogP contribution in [0.25, 0.3) is 0 Å². The zero-order valence-corrected chi connectivity index (χ0v) is 19.1. The minimum absolute atomic E-state index is 0.0527. The molecule has 5 heteroatoms. The van der Waals surface area contributed by atoms with Crippen molar-refractivity contribution in [2.24, 2.45) is 0 Å². The van der Waals surface area contributed by atoms with Gasteiger partial charge in [-0.25, -0.2) is 0 Å². The van der Waals surface area contributed by atoms with Crippen LogP contribution in [0, 0.1) is 6.92 Å². The fourth-order valence-corrected chi connectivity index (χ4v) is 4.07. The molecule has 0 aliphatic carbocycles. The van der Waals surface area contributed by atoms with Gasteiger partial charge in [0.05, 0.1) is 19.8 Å². The van der Waals surface area contributed by atoms with Gasteiger partial charge in [-0.15, -0.1) is 11.8 Å². The molecule has 0 spiro atoms. The van der Waals surface area contributed by atoms with Crippen molar-refractivity contribution in [2.75, 3.05) is 19.5 Å². The van der Waals surface area contributed by atoms with Crippen LogP contribution < -0.4 is 14.8 Å². The van der Waals surface area contributed by atoms with Gasteiger partial charge >= 0.3 is 0 Å². The Morgan fingerprint density at radius 1 is 1.03 bits per heavy atom. The van der Waals surface area contributed by atoms with Crippen molar-refractivity contribution in [3.8, 4) is 11.5 Å². The Balaban J connectivity index is 1.52. The van der Waals surface area contributed by atoms with E-state index < -0.39 is 0 Å². The fraction of sp³-hybridized carbons (Fsp3) is 0.269. The summed E-state index contributed by atoms with van der Waals surface area (Å²) >= 11 is 1.76. The number of hydrogen-bond donors (Lipinski definition) is 1. The second kappa shape index (κ2) is 11.5. The number of nitrogens with one attached hydrogen (secondary N) is 1. The number of carbonyl (C=O) groups is 1. The second-order valence-electron chi connectivity index (χ2n) is 7.20. The molecule has 0 aliphatic rings. The van der Waals surface area contributed by atoms with Crippen molar-refractivity contribution < 1.29 is 14.3 Å². The molecule has 0 fully saturated rings. The van der Waals surface area contributed by atoms with Crippen LogP contribution in [-0.4, -0.2) is 25.4 Å². The van der Waals surface area contributed by atoms with E-state index in [1.807, 2.05) is 49.4 Å². The number of carbonyl (C=O) groups excluding carboxylic acids is 1. The van der Waals surface area contributed by atoms with Gasteiger partial charge in [0.2, 0.25) is 0 Å². The molecule has 3 rings (SSSR count). The van der Waals surface area contributed by atoms with Crippen molar-refractivity contribution in [3.63, 3.8) is 0 Å². The first-order chi connectivity index (χ1) is 15.1. The van der Waals surface area contributed by atoms with Crippen LogP contribution in [0.5, 0.6) is 11.5 Å². The molecule has 1 unspecified atom stereocenters. The van der Waals surface area contributed by atoms with Crippen molar-refractivity contribution in [3.05, 3.63) is 89.5 Å². The summed E-state index contributed by atoms with van der Waals surface area (Å²) < 4.78 is 11.1. The SMILES string of the molecule is CCC(NC(=O)c1ccc(OCCSc2ccccc2)cc1)c1ccc(OC)c(C)c1. The van der Waals surface area contributed by atoms with E-state index >= 15 is 0 Å². The van der Waals surface area contributed by atoms with Crippen LogP contribution in [0.4, 0.5) is 0 Å². The van der Waals surface area contributed by atoms with Gasteiger partial charge in [-0.05, 0) is 66.9 Å². The molecule has 0 heterocycles. The average Bonchev–Trinajstić information content (AvgIpc) is 2.81. The Morgan fingerprint density at radius 2 is 1.77 bits per heavy atom. The van der Waals surface area contributed by atoms with E-state index in [0.717, 1.165) is 34.8 Å². The second-order valence-corrected chi connectivity index (χ2v) is 8.37. The minimum atomic E-state index is -0.0912. The van der Waals surface area contributed by atoms with Gasteiger partial charge in [-0.1, -0.05) is 37.3 Å². The molecule has 0 radical (unpaired) electrons. The summed E-state index contributed by atoms with van der Waals surface area (Å²) in [6.45, 7) is 4.68. The van der Waals surface area contributed by atoms with Crippen LogP contribution in [0.3, 0.4) is 0 Å². The molecular weight excluding hydrogens is 406 g/mol. The third kappa shape index (κ3) is 6.53. The minimum Gasteiger partial charge on any atom is -0.496 e. The maximum atomic E-state index is 12.7. The topological polar surface area (TPSA) is 47.6 Å². The van der Waals surface area contributed by atoms with E-state index in [0.29, 0.717) is 12.2 Å². The summed E-state index contributed by atoms with van der Waals surface area (Å²) in [4.78, 5) is 14.0. The predicted octanol–water partition coefficient (Wildman–Crippen LogP) is 6.06. The zero-order chi connectivity index (χ0) is 22.1. The van der Waals surface area contributed by atoms with Crippen molar-refractivity contribution in [1.82, 2.24) is 5.32 Å². The smallest absolute Gasteiger partial charge is 0.251 e. The number of rotatable bonds is 10. The molecule has 0 aliphatic heterocycles. The van der Waals surface area contributed by atoms with E-state index in [4.69, 9.17) is 9.47 Å². The molecule has 1 N–H and O–H groups in total. The average molecular weight is 436 g/mol. The summed E-state index contributed by atoms with van der Waals surface area (Å²) in [5.74, 6) is 2.39. The lowest BCUT2D eigenvalue weighted by molar-refractivity contribution is 0.0935. The predicted molar refractivity (Wildman–Crippen MR) is 127 cm³/mol. The number of aryl methyl sites for hydroxylation is 1. The first-order valence-corrected chi connectivity index (χ1v) is 11.5. The number of thioether (sulfide) groups is 1. The van der Waals surface area contributed by atoms with Crippen molar-refractivity contribution in [2.45, 2.75) is 31.2 Å². The number of amides is 1. The maximum absolute atomic E-state index is 12.7. The summed E-state index contributed by atoms with van der Waals surface area (Å²) in [6, 6.07) is 23.5. The fourth-order valence-electron chi connectivity index (χ4n) is 3.32. The van der Waals surface area contributed by atoms with Crippen LogP contribution in [-0.2, 0) is 0 Å². The van der Waals surface area contributed by atoms with Crippen LogP contribution in [0.2, 0.25) is 0 Å². The third-order valence-electron chi connectivity index (χ3n) is 5.02. The van der Waals surface area contributed by atoms with Gasteiger partial charge in [0.25, 0.3) is 5.91 Å². The molecule has 0 bridgehead atoms. The van der Waals surface area contributed by atoms with Gasteiger partial charge in [0, 0.05) is 16.2 Å². The summed E-state index contributed by atoms with van der Waals surface area (Å²) in [5, 5.41) is 3.13. The first kappa shape index (κ1) is 22.8. The maximum Gasteiger partial charge on any atom is 0.251 e. The highest BCUT2D eigenvalue weighted by atomic mass is 32.2. The molecule has 3 aromatic carbocycles.